The number of rotatable bonds is 8. The average Bonchev–Trinajstić information content (AvgIpc) is 3.37. The molecule has 0 bridgehead atoms. The van der Waals surface area contributed by atoms with Crippen molar-refractivity contribution in [2.24, 2.45) is 5.92 Å². The van der Waals surface area contributed by atoms with Gasteiger partial charge in [0.25, 0.3) is 0 Å². The normalized spacial score (nSPS) is 15.3. The van der Waals surface area contributed by atoms with Gasteiger partial charge < -0.3 is 10.1 Å². The van der Waals surface area contributed by atoms with Crippen LogP contribution >= 0.6 is 0 Å². The molecule has 0 aromatic heterocycles. The highest BCUT2D eigenvalue weighted by Crippen LogP contribution is 2.25. The van der Waals surface area contributed by atoms with E-state index in [-0.39, 0.29) is 5.97 Å². The minimum Gasteiger partial charge on any atom is -0.465 e. The van der Waals surface area contributed by atoms with Crippen molar-refractivity contribution in [3.8, 4) is 0 Å². The van der Waals surface area contributed by atoms with Crippen molar-refractivity contribution < 1.29 is 9.53 Å². The fraction of sp³-hybridized carbons (Fsp3) is 0.500. The maximum Gasteiger partial charge on any atom is 0.337 e. The lowest BCUT2D eigenvalue weighted by atomic mass is 9.93. The molecule has 1 unspecified atom stereocenters. The fourth-order valence-corrected chi connectivity index (χ4v) is 4.07. The monoisotopic (exact) mass is 464 g/mol. The molecule has 0 aliphatic carbocycles. The highest BCUT2D eigenvalue weighted by atomic mass is 16.5. The largest absolute Gasteiger partial charge is 0.465 e. The van der Waals surface area contributed by atoms with Crippen molar-refractivity contribution in [3.05, 3.63) is 75.9 Å². The van der Waals surface area contributed by atoms with Crippen LogP contribution in [0.4, 0.5) is 0 Å². The van der Waals surface area contributed by atoms with E-state index < -0.39 is 0 Å². The van der Waals surface area contributed by atoms with Crippen LogP contribution in [0.15, 0.2) is 48.0 Å². The fourth-order valence-electron chi connectivity index (χ4n) is 4.07. The molecule has 4 heteroatoms. The summed E-state index contributed by atoms with van der Waals surface area (Å²) in [4.78, 5) is 14.0. The van der Waals surface area contributed by atoms with Gasteiger partial charge in [-0.2, -0.15) is 0 Å². The van der Waals surface area contributed by atoms with E-state index in [1.807, 2.05) is 24.3 Å². The van der Waals surface area contributed by atoms with E-state index in [1.165, 1.54) is 66.6 Å². The third-order valence-electron chi connectivity index (χ3n) is 6.87. The Balaban J connectivity index is 0.000000340. The molecule has 1 aliphatic rings. The Morgan fingerprint density at radius 1 is 1.09 bits per heavy atom. The van der Waals surface area contributed by atoms with Crippen LogP contribution in [0.1, 0.15) is 80.1 Å². The van der Waals surface area contributed by atoms with Gasteiger partial charge >= 0.3 is 5.97 Å². The molecule has 4 nitrogen and oxygen atoms in total. The quantitative estimate of drug-likeness (QED) is 0.455. The van der Waals surface area contributed by atoms with E-state index >= 15 is 0 Å². The number of benzene rings is 2. The lowest BCUT2D eigenvalue weighted by molar-refractivity contribution is 0.0600. The zero-order chi connectivity index (χ0) is 25.1. The molecule has 0 spiro atoms. The van der Waals surface area contributed by atoms with Crippen LogP contribution in [-0.4, -0.2) is 44.3 Å². The summed E-state index contributed by atoms with van der Waals surface area (Å²) in [6, 6.07) is 14.3. The summed E-state index contributed by atoms with van der Waals surface area (Å²) in [6.45, 7) is 18.1. The molecule has 0 saturated carbocycles. The van der Waals surface area contributed by atoms with Crippen molar-refractivity contribution in [2.75, 3.05) is 33.4 Å². The molecule has 3 rings (SSSR count). The number of carbonyl (C=O) groups excluding carboxylic acids is 1. The van der Waals surface area contributed by atoms with Crippen LogP contribution in [0.3, 0.4) is 0 Å². The Bertz CT molecular complexity index is 941. The van der Waals surface area contributed by atoms with Crippen LogP contribution in [0, 0.1) is 12.8 Å². The van der Waals surface area contributed by atoms with E-state index in [9.17, 15) is 4.79 Å². The van der Waals surface area contributed by atoms with Crippen LogP contribution < -0.4 is 5.32 Å². The van der Waals surface area contributed by atoms with E-state index in [1.54, 1.807) is 0 Å². The predicted molar refractivity (Wildman–Crippen MR) is 144 cm³/mol. The number of esters is 1. The number of aryl methyl sites for hydroxylation is 1. The molecule has 0 radical (unpaired) electrons. The van der Waals surface area contributed by atoms with Gasteiger partial charge in [0.2, 0.25) is 0 Å². The molecule has 1 fully saturated rings. The lowest BCUT2D eigenvalue weighted by Crippen LogP contribution is -2.26. The van der Waals surface area contributed by atoms with Crippen LogP contribution in [0.5, 0.6) is 0 Å². The molecule has 1 saturated heterocycles. The first-order valence-electron chi connectivity index (χ1n) is 12.7. The number of hydrogen-bond donors (Lipinski definition) is 1. The maximum atomic E-state index is 11.5. The van der Waals surface area contributed by atoms with Gasteiger partial charge in [-0.1, -0.05) is 63.1 Å². The first kappa shape index (κ1) is 27.8. The molecule has 0 amide bonds. The summed E-state index contributed by atoms with van der Waals surface area (Å²) < 4.78 is 4.74. The van der Waals surface area contributed by atoms with Gasteiger partial charge in [-0.15, -0.1) is 0 Å². The highest BCUT2D eigenvalue weighted by Gasteiger charge is 2.12. The number of carbonyl (C=O) groups is 1. The standard InChI is InChI=1S/C22H26O2.C8H18N2/c1-6-15(2)17(4)21-14-19(8-7-16(21)3)13-18-9-11-20(12-10-18)22(23)24-5;1-3-8(2)6-10-5-4-9-7-10/h7-12,14H,6,13H2,1-5H3;8-9H,3-7H2,1-2H3/b17-15-;. The van der Waals surface area contributed by atoms with Crippen molar-refractivity contribution in [1.82, 2.24) is 10.2 Å². The minimum atomic E-state index is -0.296. The van der Waals surface area contributed by atoms with Crippen LogP contribution in [0.2, 0.25) is 0 Å². The summed E-state index contributed by atoms with van der Waals surface area (Å²) in [5, 5.41) is 3.33. The number of nitrogens with one attached hydrogen (secondary N) is 1. The summed E-state index contributed by atoms with van der Waals surface area (Å²) in [6.07, 6.45) is 3.23. The maximum absolute atomic E-state index is 11.5. The molecule has 1 heterocycles. The first-order valence-corrected chi connectivity index (χ1v) is 12.7. The van der Waals surface area contributed by atoms with E-state index in [4.69, 9.17) is 4.74 Å². The SMILES string of the molecule is CC/C(C)=C(/C)c1cc(Cc2ccc(C(=O)OC)cc2)ccc1C.CCC(C)CN1CCNC1. The summed E-state index contributed by atoms with van der Waals surface area (Å²) >= 11 is 0. The molecular formula is C30H44N2O2. The predicted octanol–water partition coefficient (Wildman–Crippen LogP) is 6.47. The summed E-state index contributed by atoms with van der Waals surface area (Å²) in [5.74, 6) is 0.565. The van der Waals surface area contributed by atoms with E-state index in [0.29, 0.717) is 5.56 Å². The average molecular weight is 465 g/mol. The van der Waals surface area contributed by atoms with Crippen molar-refractivity contribution in [3.63, 3.8) is 0 Å². The summed E-state index contributed by atoms with van der Waals surface area (Å²) in [7, 11) is 1.40. The second-order valence-corrected chi connectivity index (χ2v) is 9.52. The first-order chi connectivity index (χ1) is 16.3. The zero-order valence-corrected chi connectivity index (χ0v) is 22.3. The van der Waals surface area contributed by atoms with Gasteiger partial charge in [0.05, 0.1) is 12.7 Å². The molecule has 34 heavy (non-hydrogen) atoms. The molecule has 1 atom stereocenters. The van der Waals surface area contributed by atoms with Gasteiger partial charge in [-0.05, 0) is 79.5 Å². The number of hydrogen-bond acceptors (Lipinski definition) is 4. The van der Waals surface area contributed by atoms with Gasteiger partial charge in [0.15, 0.2) is 0 Å². The highest BCUT2D eigenvalue weighted by molar-refractivity contribution is 5.89. The number of ether oxygens (including phenoxy) is 1. The third kappa shape index (κ3) is 8.41. The zero-order valence-electron chi connectivity index (χ0n) is 22.3. The topological polar surface area (TPSA) is 41.6 Å². The Hall–Kier alpha value is -2.43. The van der Waals surface area contributed by atoms with Gasteiger partial charge in [-0.25, -0.2) is 4.79 Å². The van der Waals surface area contributed by atoms with E-state index in [0.717, 1.165) is 25.4 Å². The van der Waals surface area contributed by atoms with Crippen LogP contribution in [0.25, 0.3) is 5.57 Å². The van der Waals surface area contributed by atoms with Gasteiger partial charge in [0.1, 0.15) is 0 Å². The van der Waals surface area contributed by atoms with E-state index in [2.05, 4.69) is 70.0 Å². The minimum absolute atomic E-state index is 0.296. The van der Waals surface area contributed by atoms with Crippen molar-refractivity contribution in [2.45, 2.75) is 60.8 Å². The Morgan fingerprint density at radius 3 is 2.32 bits per heavy atom. The second-order valence-electron chi connectivity index (χ2n) is 9.52. The number of methoxy groups -OCH3 is 1. The Kier molecular flexibility index (Phi) is 11.5. The second kappa shape index (κ2) is 14.1. The van der Waals surface area contributed by atoms with Crippen molar-refractivity contribution >= 4 is 11.5 Å². The number of allylic oxidation sites excluding steroid dienone is 2. The molecule has 2 aromatic carbocycles. The lowest BCUT2D eigenvalue weighted by Gasteiger charge is -2.17. The summed E-state index contributed by atoms with van der Waals surface area (Å²) in [5.41, 5.74) is 8.50. The van der Waals surface area contributed by atoms with Gasteiger partial charge in [0, 0.05) is 26.3 Å². The van der Waals surface area contributed by atoms with Crippen molar-refractivity contribution in [1.29, 1.82) is 0 Å². The molecule has 2 aromatic rings. The molecule has 1 N–H and O–H groups in total. The Labute approximate surface area is 207 Å². The van der Waals surface area contributed by atoms with Crippen LogP contribution in [-0.2, 0) is 11.2 Å². The third-order valence-corrected chi connectivity index (χ3v) is 6.87. The Morgan fingerprint density at radius 2 is 1.76 bits per heavy atom. The molecular weight excluding hydrogens is 420 g/mol. The van der Waals surface area contributed by atoms with Gasteiger partial charge in [-0.3, -0.25) is 4.90 Å². The number of nitrogens with zero attached hydrogens (tertiary/aromatic N) is 1. The molecule has 1 aliphatic heterocycles. The smallest absolute Gasteiger partial charge is 0.337 e. The molecule has 186 valence electrons.